The molecule has 0 aromatic heterocycles. The Morgan fingerprint density at radius 2 is 1.85 bits per heavy atom. The van der Waals surface area contributed by atoms with Crippen LogP contribution in [-0.4, -0.2) is 39.7 Å². The third-order valence-electron chi connectivity index (χ3n) is 3.26. The number of hydrogen-bond acceptors (Lipinski definition) is 5. The monoisotopic (exact) mass is 414 g/mol. The molecule has 1 amide bonds. The highest BCUT2D eigenvalue weighted by atomic mass is 35.5. The molecule has 2 rings (SSSR count). The van der Waals surface area contributed by atoms with Gasteiger partial charge in [-0.2, -0.15) is 0 Å². The van der Waals surface area contributed by atoms with Gasteiger partial charge in [0, 0.05) is 10.7 Å². The minimum atomic E-state index is -3.78. The van der Waals surface area contributed by atoms with E-state index >= 15 is 0 Å². The van der Waals surface area contributed by atoms with E-state index in [-0.39, 0.29) is 5.69 Å². The maximum absolute atomic E-state index is 12.8. The van der Waals surface area contributed by atoms with Crippen LogP contribution in [0.2, 0.25) is 5.02 Å². The van der Waals surface area contributed by atoms with Gasteiger partial charge < -0.3 is 10.1 Å². The number of hydrogen-bond donors (Lipinski definition) is 1. The molecular formula is C17H16ClFN2O5S. The Kier molecular flexibility index (Phi) is 6.75. The average molecular weight is 415 g/mol. The zero-order chi connectivity index (χ0) is 20.0. The van der Waals surface area contributed by atoms with Crippen LogP contribution in [0.3, 0.4) is 0 Å². The first kappa shape index (κ1) is 20.7. The van der Waals surface area contributed by atoms with Crippen molar-refractivity contribution in [2.24, 2.45) is 0 Å². The maximum Gasteiger partial charge on any atom is 0.327 e. The van der Waals surface area contributed by atoms with Crippen LogP contribution in [0.25, 0.3) is 0 Å². The second-order valence-corrected chi connectivity index (χ2v) is 7.81. The third kappa shape index (κ3) is 6.54. The molecule has 0 fully saturated rings. The SMILES string of the molecule is CS(=O)(=O)N(CC(=O)OCC(=O)Nc1ccc(F)cc1)c1cccc(Cl)c1. The van der Waals surface area contributed by atoms with Crippen LogP contribution in [0.5, 0.6) is 0 Å². The molecule has 27 heavy (non-hydrogen) atoms. The van der Waals surface area contributed by atoms with Gasteiger partial charge in [0.1, 0.15) is 12.4 Å². The van der Waals surface area contributed by atoms with Gasteiger partial charge in [-0.05, 0) is 42.5 Å². The molecule has 0 saturated heterocycles. The number of nitrogens with one attached hydrogen (secondary N) is 1. The van der Waals surface area contributed by atoms with Gasteiger partial charge in [-0.1, -0.05) is 17.7 Å². The molecule has 2 aromatic carbocycles. The molecule has 10 heteroatoms. The summed E-state index contributed by atoms with van der Waals surface area (Å²) in [4.78, 5) is 23.7. The van der Waals surface area contributed by atoms with Crippen LogP contribution in [-0.2, 0) is 24.3 Å². The smallest absolute Gasteiger partial charge is 0.327 e. The van der Waals surface area contributed by atoms with E-state index in [1.807, 2.05) is 0 Å². The first-order chi connectivity index (χ1) is 12.6. The molecule has 2 aromatic rings. The Balaban J connectivity index is 1.95. The van der Waals surface area contributed by atoms with Crippen molar-refractivity contribution >= 4 is 44.9 Å². The number of benzene rings is 2. The lowest BCUT2D eigenvalue weighted by Crippen LogP contribution is -2.36. The molecule has 0 atom stereocenters. The molecule has 0 aliphatic heterocycles. The number of carbonyl (C=O) groups is 2. The number of esters is 1. The second kappa shape index (κ2) is 8.83. The molecule has 0 saturated carbocycles. The average Bonchev–Trinajstić information content (AvgIpc) is 2.59. The van der Waals surface area contributed by atoms with Gasteiger partial charge >= 0.3 is 5.97 Å². The highest BCUT2D eigenvalue weighted by molar-refractivity contribution is 7.92. The first-order valence-corrected chi connectivity index (χ1v) is 9.82. The summed E-state index contributed by atoms with van der Waals surface area (Å²) >= 11 is 5.85. The van der Waals surface area contributed by atoms with E-state index in [1.165, 1.54) is 30.3 Å². The molecule has 7 nitrogen and oxygen atoms in total. The highest BCUT2D eigenvalue weighted by Crippen LogP contribution is 2.21. The Bertz CT molecular complexity index is 935. The van der Waals surface area contributed by atoms with Crippen molar-refractivity contribution < 1.29 is 27.1 Å². The standard InChI is InChI=1S/C17H16ClFN2O5S/c1-27(24,25)21(15-4-2-3-12(18)9-15)10-17(23)26-11-16(22)20-14-7-5-13(19)6-8-14/h2-9H,10-11H2,1H3,(H,20,22). The summed E-state index contributed by atoms with van der Waals surface area (Å²) in [5.41, 5.74) is 0.520. The number of rotatable bonds is 7. The molecule has 0 radical (unpaired) electrons. The molecule has 0 heterocycles. The summed E-state index contributed by atoms with van der Waals surface area (Å²) in [5.74, 6) is -2.03. The van der Waals surface area contributed by atoms with Crippen LogP contribution >= 0.6 is 11.6 Å². The lowest BCUT2D eigenvalue weighted by molar-refractivity contribution is -0.145. The fraction of sp³-hybridized carbons (Fsp3) is 0.176. The van der Waals surface area contributed by atoms with Crippen molar-refractivity contribution in [3.63, 3.8) is 0 Å². The van der Waals surface area contributed by atoms with Crippen LogP contribution in [0, 0.1) is 5.82 Å². The zero-order valence-corrected chi connectivity index (χ0v) is 15.8. The molecule has 0 aliphatic rings. The van der Waals surface area contributed by atoms with Crippen LogP contribution in [0.15, 0.2) is 48.5 Å². The van der Waals surface area contributed by atoms with E-state index in [9.17, 15) is 22.4 Å². The molecule has 0 unspecified atom stereocenters. The number of nitrogens with zero attached hydrogens (tertiary/aromatic N) is 1. The lowest BCUT2D eigenvalue weighted by Gasteiger charge is -2.21. The first-order valence-electron chi connectivity index (χ1n) is 7.59. The number of sulfonamides is 1. The quantitative estimate of drug-likeness (QED) is 0.702. The van der Waals surface area contributed by atoms with E-state index in [4.69, 9.17) is 16.3 Å². The van der Waals surface area contributed by atoms with E-state index in [2.05, 4.69) is 5.32 Å². The molecule has 0 spiro atoms. The normalized spacial score (nSPS) is 10.9. The van der Waals surface area contributed by atoms with Crippen molar-refractivity contribution in [3.8, 4) is 0 Å². The van der Waals surface area contributed by atoms with Crippen molar-refractivity contribution in [3.05, 3.63) is 59.4 Å². The summed E-state index contributed by atoms with van der Waals surface area (Å²) in [7, 11) is -3.78. The maximum atomic E-state index is 12.8. The van der Waals surface area contributed by atoms with Gasteiger partial charge in [0.2, 0.25) is 10.0 Å². The Morgan fingerprint density at radius 3 is 2.44 bits per heavy atom. The number of halogens is 2. The van der Waals surface area contributed by atoms with E-state index in [1.54, 1.807) is 6.07 Å². The van der Waals surface area contributed by atoms with E-state index in [0.717, 1.165) is 22.7 Å². The van der Waals surface area contributed by atoms with Crippen LogP contribution < -0.4 is 9.62 Å². The highest BCUT2D eigenvalue weighted by Gasteiger charge is 2.22. The van der Waals surface area contributed by atoms with Gasteiger partial charge in [0.05, 0.1) is 11.9 Å². The second-order valence-electron chi connectivity index (χ2n) is 5.47. The van der Waals surface area contributed by atoms with Gasteiger partial charge in [-0.25, -0.2) is 12.8 Å². The summed E-state index contributed by atoms with van der Waals surface area (Å²) in [6.45, 7) is -1.24. The largest absolute Gasteiger partial charge is 0.454 e. The van der Waals surface area contributed by atoms with Gasteiger partial charge in [-0.3, -0.25) is 13.9 Å². The molecule has 0 bridgehead atoms. The fourth-order valence-corrected chi connectivity index (χ4v) is 3.09. The molecule has 1 N–H and O–H groups in total. The Labute approximate surface area is 160 Å². The fourth-order valence-electron chi connectivity index (χ4n) is 2.07. The number of anilines is 2. The Hall–Kier alpha value is -2.65. The van der Waals surface area contributed by atoms with Gasteiger partial charge in [0.25, 0.3) is 5.91 Å². The van der Waals surface area contributed by atoms with Crippen molar-refractivity contribution in [1.29, 1.82) is 0 Å². The Morgan fingerprint density at radius 1 is 1.19 bits per heavy atom. The van der Waals surface area contributed by atoms with Crippen LogP contribution in [0.4, 0.5) is 15.8 Å². The molecule has 144 valence electrons. The van der Waals surface area contributed by atoms with E-state index < -0.39 is 40.9 Å². The molecular weight excluding hydrogens is 399 g/mol. The predicted octanol–water partition coefficient (Wildman–Crippen LogP) is 2.43. The van der Waals surface area contributed by atoms with Crippen molar-refractivity contribution in [2.45, 2.75) is 0 Å². The summed E-state index contributed by atoms with van der Waals surface area (Å²) < 4.78 is 42.3. The number of carbonyl (C=O) groups excluding carboxylic acids is 2. The molecule has 0 aliphatic carbocycles. The van der Waals surface area contributed by atoms with Gasteiger partial charge in [-0.15, -0.1) is 0 Å². The lowest BCUT2D eigenvalue weighted by atomic mass is 10.3. The van der Waals surface area contributed by atoms with Gasteiger partial charge in [0.15, 0.2) is 6.61 Å². The van der Waals surface area contributed by atoms with E-state index in [0.29, 0.717) is 10.7 Å². The van der Waals surface area contributed by atoms with Crippen molar-refractivity contribution in [1.82, 2.24) is 0 Å². The topological polar surface area (TPSA) is 92.8 Å². The summed E-state index contributed by atoms with van der Waals surface area (Å²) in [5, 5.41) is 2.71. The number of ether oxygens (including phenoxy) is 1. The third-order valence-corrected chi connectivity index (χ3v) is 4.64. The predicted molar refractivity (Wildman–Crippen MR) is 99.6 cm³/mol. The van der Waals surface area contributed by atoms with Crippen molar-refractivity contribution in [2.75, 3.05) is 29.0 Å². The number of amides is 1. The minimum Gasteiger partial charge on any atom is -0.454 e. The summed E-state index contributed by atoms with van der Waals surface area (Å²) in [6, 6.07) is 11.0. The summed E-state index contributed by atoms with van der Waals surface area (Å²) in [6.07, 6.45) is 0.933. The van der Waals surface area contributed by atoms with Crippen LogP contribution in [0.1, 0.15) is 0 Å². The zero-order valence-electron chi connectivity index (χ0n) is 14.2. The minimum absolute atomic E-state index is 0.192.